The van der Waals surface area contributed by atoms with Crippen LogP contribution in [-0.4, -0.2) is 23.0 Å². The van der Waals surface area contributed by atoms with Gasteiger partial charge in [-0.15, -0.1) is 6.58 Å². The minimum atomic E-state index is -0.858. The lowest BCUT2D eigenvalue weighted by Crippen LogP contribution is -2.56. The van der Waals surface area contributed by atoms with Crippen molar-refractivity contribution in [3.8, 4) is 0 Å². The molecule has 1 fully saturated rings. The topological polar surface area (TPSA) is 29.5 Å². The second-order valence-electron chi connectivity index (χ2n) is 7.42. The first kappa shape index (κ1) is 17.7. The van der Waals surface area contributed by atoms with Crippen LogP contribution in [0.15, 0.2) is 52.1 Å². The second-order valence-corrected chi connectivity index (χ2v) is 8.50. The molecule has 128 valence electrons. The number of benzene rings is 1. The van der Waals surface area contributed by atoms with Gasteiger partial charge in [0.2, 0.25) is 5.72 Å². The van der Waals surface area contributed by atoms with E-state index in [1.54, 1.807) is 6.08 Å². The van der Waals surface area contributed by atoms with Gasteiger partial charge in [-0.05, 0) is 62.1 Å². The molecule has 1 aliphatic heterocycles. The van der Waals surface area contributed by atoms with Gasteiger partial charge >= 0.3 is 0 Å². The van der Waals surface area contributed by atoms with Gasteiger partial charge < -0.3 is 4.74 Å². The summed E-state index contributed by atoms with van der Waals surface area (Å²) in [6, 6.07) is 10.1. The molecule has 3 rings (SSSR count). The Kier molecular flexibility index (Phi) is 4.64. The molecular formula is C20H24INO2. The average Bonchev–Trinajstić information content (AvgIpc) is 3.32. The third-order valence-corrected chi connectivity index (χ3v) is 5.83. The van der Waals surface area contributed by atoms with Crippen molar-refractivity contribution in [2.75, 3.05) is 6.61 Å². The van der Waals surface area contributed by atoms with E-state index in [2.05, 4.69) is 49.9 Å². The maximum absolute atomic E-state index is 13.4. The molecule has 0 spiro atoms. The molecule has 1 heterocycles. The van der Waals surface area contributed by atoms with Crippen LogP contribution in [-0.2, 0) is 15.3 Å². The Morgan fingerprint density at radius 1 is 1.33 bits per heavy atom. The molecule has 4 heteroatoms. The summed E-state index contributed by atoms with van der Waals surface area (Å²) in [6.45, 7) is 10.4. The lowest BCUT2D eigenvalue weighted by Gasteiger charge is -2.46. The fraction of sp³-hybridized carbons (Fsp3) is 0.450. The van der Waals surface area contributed by atoms with Gasteiger partial charge in [0.1, 0.15) is 0 Å². The van der Waals surface area contributed by atoms with E-state index in [0.29, 0.717) is 12.5 Å². The second kappa shape index (κ2) is 6.30. The molecule has 3 nitrogen and oxygen atoms in total. The van der Waals surface area contributed by atoms with E-state index in [0.717, 1.165) is 27.6 Å². The largest absolute Gasteiger partial charge is 0.342 e. The molecule has 0 bridgehead atoms. The maximum atomic E-state index is 13.4. The van der Waals surface area contributed by atoms with E-state index in [1.165, 1.54) is 0 Å². The SMILES string of the molecule is C=CCOC1(c2ccccc2)C(I)=C(C2CC2)C(=O)N1C(C)(C)C. The zero-order valence-corrected chi connectivity index (χ0v) is 16.7. The number of carbonyl (C=O) groups is 1. The summed E-state index contributed by atoms with van der Waals surface area (Å²) in [5.41, 5.74) is 0.721. The molecule has 1 aromatic rings. The normalized spacial score (nSPS) is 24.7. The van der Waals surface area contributed by atoms with Gasteiger partial charge in [-0.2, -0.15) is 0 Å². The van der Waals surface area contributed by atoms with Crippen molar-refractivity contribution < 1.29 is 9.53 Å². The van der Waals surface area contributed by atoms with Crippen molar-refractivity contribution in [1.29, 1.82) is 0 Å². The van der Waals surface area contributed by atoms with Crippen LogP contribution in [0.25, 0.3) is 0 Å². The predicted octanol–water partition coefficient (Wildman–Crippen LogP) is 4.78. The lowest BCUT2D eigenvalue weighted by molar-refractivity contribution is -0.169. The first-order chi connectivity index (χ1) is 11.3. The summed E-state index contributed by atoms with van der Waals surface area (Å²) in [5.74, 6) is 0.495. The Hall–Kier alpha value is -1.14. The van der Waals surface area contributed by atoms with E-state index in [-0.39, 0.29) is 11.4 Å². The van der Waals surface area contributed by atoms with Crippen LogP contribution in [0.2, 0.25) is 0 Å². The van der Waals surface area contributed by atoms with Crippen molar-refractivity contribution in [2.45, 2.75) is 44.9 Å². The van der Waals surface area contributed by atoms with E-state index in [1.807, 2.05) is 35.2 Å². The summed E-state index contributed by atoms with van der Waals surface area (Å²) in [5, 5.41) is 0. The quantitative estimate of drug-likeness (QED) is 0.490. The first-order valence-electron chi connectivity index (χ1n) is 8.39. The van der Waals surface area contributed by atoms with E-state index in [4.69, 9.17) is 4.74 Å². The highest BCUT2D eigenvalue weighted by Gasteiger charge is 2.58. The van der Waals surface area contributed by atoms with Crippen LogP contribution in [0.3, 0.4) is 0 Å². The number of hydrogen-bond donors (Lipinski definition) is 0. The minimum absolute atomic E-state index is 0.113. The number of hydrogen-bond acceptors (Lipinski definition) is 2. The molecule has 2 aliphatic rings. The zero-order valence-electron chi connectivity index (χ0n) is 14.5. The lowest BCUT2D eigenvalue weighted by atomic mass is 9.96. The van der Waals surface area contributed by atoms with Crippen molar-refractivity contribution >= 4 is 28.5 Å². The third-order valence-electron chi connectivity index (χ3n) is 4.51. The Bertz CT molecular complexity index is 685. The Morgan fingerprint density at radius 3 is 2.46 bits per heavy atom. The summed E-state index contributed by atoms with van der Waals surface area (Å²) in [4.78, 5) is 15.3. The van der Waals surface area contributed by atoms with Gasteiger partial charge in [0.25, 0.3) is 5.91 Å². The molecule has 1 saturated carbocycles. The van der Waals surface area contributed by atoms with Crippen molar-refractivity contribution in [2.24, 2.45) is 5.92 Å². The molecule has 1 amide bonds. The molecular weight excluding hydrogens is 413 g/mol. The predicted molar refractivity (Wildman–Crippen MR) is 105 cm³/mol. The molecule has 1 unspecified atom stereocenters. The van der Waals surface area contributed by atoms with Gasteiger partial charge in [0.15, 0.2) is 0 Å². The molecule has 0 radical (unpaired) electrons. The summed E-state index contributed by atoms with van der Waals surface area (Å²) < 4.78 is 7.39. The summed E-state index contributed by atoms with van der Waals surface area (Å²) >= 11 is 2.34. The zero-order chi connectivity index (χ0) is 17.5. The molecule has 1 atom stereocenters. The van der Waals surface area contributed by atoms with Crippen LogP contribution in [0.1, 0.15) is 39.2 Å². The van der Waals surface area contributed by atoms with Gasteiger partial charge in [-0.3, -0.25) is 9.69 Å². The molecule has 0 saturated heterocycles. The standard InChI is InChI=1S/C20H24INO2/c1-5-13-24-20(15-9-7-6-8-10-15)17(21)16(14-11-12-14)18(23)22(20)19(2,3)4/h5-10,14H,1,11-13H2,2-4H3. The average molecular weight is 437 g/mol. The van der Waals surface area contributed by atoms with Crippen molar-refractivity contribution in [3.05, 3.63) is 57.7 Å². The van der Waals surface area contributed by atoms with Crippen LogP contribution in [0.5, 0.6) is 0 Å². The van der Waals surface area contributed by atoms with Crippen LogP contribution < -0.4 is 0 Å². The van der Waals surface area contributed by atoms with Crippen molar-refractivity contribution in [3.63, 3.8) is 0 Å². The van der Waals surface area contributed by atoms with Gasteiger partial charge in [0, 0.05) is 16.7 Å². The highest BCUT2D eigenvalue weighted by atomic mass is 127. The van der Waals surface area contributed by atoms with Gasteiger partial charge in [-0.25, -0.2) is 0 Å². The van der Waals surface area contributed by atoms with Crippen LogP contribution in [0.4, 0.5) is 0 Å². The number of nitrogens with zero attached hydrogens (tertiary/aromatic N) is 1. The van der Waals surface area contributed by atoms with Crippen LogP contribution >= 0.6 is 22.6 Å². The van der Waals surface area contributed by atoms with E-state index >= 15 is 0 Å². The monoisotopic (exact) mass is 437 g/mol. The summed E-state index contributed by atoms with van der Waals surface area (Å²) in [7, 11) is 0. The van der Waals surface area contributed by atoms with Gasteiger partial charge in [0.05, 0.1) is 10.2 Å². The van der Waals surface area contributed by atoms with E-state index in [9.17, 15) is 4.79 Å². The molecule has 24 heavy (non-hydrogen) atoms. The highest BCUT2D eigenvalue weighted by Crippen LogP contribution is 2.55. The Morgan fingerprint density at radius 2 is 1.96 bits per heavy atom. The fourth-order valence-electron chi connectivity index (χ4n) is 3.45. The maximum Gasteiger partial charge on any atom is 0.254 e. The number of carbonyl (C=O) groups excluding carboxylic acids is 1. The third kappa shape index (κ3) is 2.73. The van der Waals surface area contributed by atoms with Crippen LogP contribution in [0, 0.1) is 5.92 Å². The molecule has 0 aromatic heterocycles. The molecule has 1 aromatic carbocycles. The minimum Gasteiger partial charge on any atom is -0.342 e. The smallest absolute Gasteiger partial charge is 0.254 e. The number of amides is 1. The summed E-state index contributed by atoms with van der Waals surface area (Å²) in [6.07, 6.45) is 3.94. The number of ether oxygens (including phenoxy) is 1. The number of halogens is 1. The van der Waals surface area contributed by atoms with E-state index < -0.39 is 5.72 Å². The fourth-order valence-corrected chi connectivity index (χ4v) is 4.83. The van der Waals surface area contributed by atoms with Crippen molar-refractivity contribution in [1.82, 2.24) is 4.90 Å². The molecule has 1 aliphatic carbocycles. The van der Waals surface area contributed by atoms with Gasteiger partial charge in [-0.1, -0.05) is 36.4 Å². The first-order valence-corrected chi connectivity index (χ1v) is 9.47. The number of rotatable bonds is 5. The molecule has 0 N–H and O–H groups in total. The Labute approximate surface area is 157 Å². The Balaban J connectivity index is 2.24. The highest BCUT2D eigenvalue weighted by molar-refractivity contribution is 14.1.